The lowest BCUT2D eigenvalue weighted by atomic mass is 10.2. The van der Waals surface area contributed by atoms with Gasteiger partial charge in [0.05, 0.1) is 5.69 Å². The lowest BCUT2D eigenvalue weighted by Crippen LogP contribution is -2.24. The van der Waals surface area contributed by atoms with Gasteiger partial charge >= 0.3 is 0 Å². The first-order valence-corrected chi connectivity index (χ1v) is 8.28. The molecule has 0 bridgehead atoms. The Morgan fingerprint density at radius 1 is 0.960 bits per heavy atom. The maximum Gasteiger partial charge on any atom is 0.251 e. The van der Waals surface area contributed by atoms with E-state index in [0.29, 0.717) is 12.1 Å². The average molecular weight is 335 g/mol. The minimum absolute atomic E-state index is 0.0778. The molecule has 0 aromatic heterocycles. The van der Waals surface area contributed by atoms with Crippen molar-refractivity contribution >= 4 is 31.2 Å². The van der Waals surface area contributed by atoms with Crippen molar-refractivity contribution in [3.63, 3.8) is 0 Å². The molecule has 6 heteroatoms. The summed E-state index contributed by atoms with van der Waals surface area (Å²) < 4.78 is 0. The molecule has 0 heterocycles. The summed E-state index contributed by atoms with van der Waals surface area (Å²) in [6, 6.07) is 16.6. The van der Waals surface area contributed by atoms with Crippen molar-refractivity contribution in [2.75, 3.05) is 17.1 Å². The van der Waals surface area contributed by atoms with Crippen molar-refractivity contribution in [1.29, 1.82) is 0 Å². The highest BCUT2D eigenvalue weighted by molar-refractivity contribution is 6.17. The molecule has 0 aliphatic carbocycles. The number of anilines is 2. The summed E-state index contributed by atoms with van der Waals surface area (Å²) in [4.78, 5) is 23.8. The molecule has 0 saturated carbocycles. The molecule has 0 fully saturated rings. The summed E-state index contributed by atoms with van der Waals surface area (Å²) in [5, 5.41) is 8.72. The van der Waals surface area contributed by atoms with Gasteiger partial charge < -0.3 is 15.9 Å². The Labute approximate surface area is 149 Å². The molecule has 5 nitrogen and oxygen atoms in total. The number of carbonyl (C=O) groups is 2. The van der Waals surface area contributed by atoms with E-state index in [2.05, 4.69) is 15.9 Å². The van der Waals surface area contributed by atoms with Gasteiger partial charge in [-0.15, -0.1) is 0 Å². The summed E-state index contributed by atoms with van der Waals surface area (Å²) >= 11 is 0. The zero-order valence-electron chi connectivity index (χ0n) is 14.3. The summed E-state index contributed by atoms with van der Waals surface area (Å²) in [6.07, 6.45) is 4.82. The van der Waals surface area contributed by atoms with E-state index in [0.717, 1.165) is 24.2 Å². The summed E-state index contributed by atoms with van der Waals surface area (Å²) in [5.74, 6) is -0.248. The fourth-order valence-electron chi connectivity index (χ4n) is 2.29. The number of rotatable bonds is 8. The zero-order valence-corrected chi connectivity index (χ0v) is 14.3. The van der Waals surface area contributed by atoms with Crippen LogP contribution in [0.3, 0.4) is 0 Å². The third-order valence-corrected chi connectivity index (χ3v) is 3.59. The maximum atomic E-state index is 11.9. The van der Waals surface area contributed by atoms with Gasteiger partial charge in [-0.05, 0) is 43.2 Å². The van der Waals surface area contributed by atoms with E-state index in [1.165, 1.54) is 6.08 Å². The largest absolute Gasteiger partial charge is 0.433 e. The molecule has 3 N–H and O–H groups in total. The minimum Gasteiger partial charge on any atom is -0.433 e. The zero-order chi connectivity index (χ0) is 17.9. The van der Waals surface area contributed by atoms with E-state index >= 15 is 0 Å². The third kappa shape index (κ3) is 6.18. The SMILES string of the molecule is BNc1ccccc1NC(=O)/C=C/CCCNC(=O)c1ccccc1. The van der Waals surface area contributed by atoms with E-state index in [-0.39, 0.29) is 11.8 Å². The number of carbonyl (C=O) groups excluding carboxylic acids is 2. The van der Waals surface area contributed by atoms with Gasteiger partial charge in [0.1, 0.15) is 0 Å². The molecule has 0 unspecified atom stereocenters. The third-order valence-electron chi connectivity index (χ3n) is 3.59. The molecule has 128 valence electrons. The van der Waals surface area contributed by atoms with Gasteiger partial charge in [0, 0.05) is 17.8 Å². The van der Waals surface area contributed by atoms with Crippen molar-refractivity contribution in [2.24, 2.45) is 0 Å². The Bertz CT molecular complexity index is 732. The second kappa shape index (κ2) is 9.98. The highest BCUT2D eigenvalue weighted by atomic mass is 16.2. The quantitative estimate of drug-likeness (QED) is 0.394. The summed E-state index contributed by atoms with van der Waals surface area (Å²) in [5.41, 5.74) is 2.27. The van der Waals surface area contributed by atoms with E-state index in [1.807, 2.05) is 56.5 Å². The van der Waals surface area contributed by atoms with Crippen LogP contribution in [0.4, 0.5) is 11.4 Å². The molecule has 0 radical (unpaired) electrons. The van der Waals surface area contributed by atoms with Crippen LogP contribution in [0, 0.1) is 0 Å². The topological polar surface area (TPSA) is 70.2 Å². The Morgan fingerprint density at radius 3 is 2.36 bits per heavy atom. The molecule has 25 heavy (non-hydrogen) atoms. The van der Waals surface area contributed by atoms with E-state index in [1.54, 1.807) is 12.1 Å². The van der Waals surface area contributed by atoms with Gasteiger partial charge in [0.2, 0.25) is 13.9 Å². The van der Waals surface area contributed by atoms with Gasteiger partial charge in [-0.25, -0.2) is 0 Å². The van der Waals surface area contributed by atoms with Crippen LogP contribution in [-0.2, 0) is 4.79 Å². The van der Waals surface area contributed by atoms with Crippen LogP contribution < -0.4 is 15.9 Å². The average Bonchev–Trinajstić information content (AvgIpc) is 2.65. The molecular weight excluding hydrogens is 313 g/mol. The van der Waals surface area contributed by atoms with Crippen LogP contribution in [0.2, 0.25) is 0 Å². The number of para-hydroxylation sites is 2. The van der Waals surface area contributed by atoms with Crippen molar-refractivity contribution in [3.8, 4) is 0 Å². The smallest absolute Gasteiger partial charge is 0.251 e. The lowest BCUT2D eigenvalue weighted by molar-refractivity contribution is -0.111. The van der Waals surface area contributed by atoms with Crippen LogP contribution in [-0.4, -0.2) is 26.3 Å². The molecule has 0 aliphatic heterocycles. The second-order valence-corrected chi connectivity index (χ2v) is 5.45. The minimum atomic E-state index is -0.170. The van der Waals surface area contributed by atoms with Crippen LogP contribution in [0.1, 0.15) is 23.2 Å². The number of hydrogen-bond acceptors (Lipinski definition) is 3. The van der Waals surface area contributed by atoms with E-state index in [9.17, 15) is 9.59 Å². The molecule has 2 amide bonds. The Hall–Kier alpha value is -3.02. The summed E-state index contributed by atoms with van der Waals surface area (Å²) in [7, 11) is 1.81. The number of unbranched alkanes of at least 4 members (excludes halogenated alkanes) is 1. The predicted octanol–water partition coefficient (Wildman–Crippen LogP) is 2.35. The molecule has 2 aromatic carbocycles. The lowest BCUT2D eigenvalue weighted by Gasteiger charge is -2.08. The van der Waals surface area contributed by atoms with Crippen LogP contribution in [0.5, 0.6) is 0 Å². The maximum absolute atomic E-state index is 11.9. The number of nitrogens with one attached hydrogen (secondary N) is 3. The highest BCUT2D eigenvalue weighted by Gasteiger charge is 2.03. The van der Waals surface area contributed by atoms with Crippen LogP contribution in [0.25, 0.3) is 0 Å². The van der Waals surface area contributed by atoms with Crippen molar-refractivity contribution < 1.29 is 9.59 Å². The van der Waals surface area contributed by atoms with E-state index in [4.69, 9.17) is 0 Å². The first-order valence-electron chi connectivity index (χ1n) is 8.28. The fourth-order valence-corrected chi connectivity index (χ4v) is 2.29. The number of amides is 2. The Morgan fingerprint density at radius 2 is 1.64 bits per heavy atom. The van der Waals surface area contributed by atoms with Gasteiger partial charge in [0.15, 0.2) is 0 Å². The highest BCUT2D eigenvalue weighted by Crippen LogP contribution is 2.19. The van der Waals surface area contributed by atoms with Gasteiger partial charge in [-0.3, -0.25) is 9.59 Å². The Kier molecular flexibility index (Phi) is 7.31. The molecule has 0 aliphatic rings. The molecule has 0 saturated heterocycles. The second-order valence-electron chi connectivity index (χ2n) is 5.45. The molecular formula is C19H22BN3O2. The normalized spacial score (nSPS) is 10.4. The molecule has 0 spiro atoms. The van der Waals surface area contributed by atoms with Crippen molar-refractivity contribution in [3.05, 3.63) is 72.3 Å². The van der Waals surface area contributed by atoms with Gasteiger partial charge in [-0.1, -0.05) is 36.4 Å². The number of benzene rings is 2. The van der Waals surface area contributed by atoms with Gasteiger partial charge in [0.25, 0.3) is 5.91 Å². The molecule has 2 rings (SSSR count). The van der Waals surface area contributed by atoms with Crippen LogP contribution >= 0.6 is 0 Å². The first-order chi connectivity index (χ1) is 12.2. The molecule has 0 atom stereocenters. The predicted molar refractivity (Wildman–Crippen MR) is 104 cm³/mol. The fraction of sp³-hybridized carbons (Fsp3) is 0.158. The first kappa shape index (κ1) is 18.3. The number of allylic oxidation sites excluding steroid dienone is 1. The monoisotopic (exact) mass is 335 g/mol. The van der Waals surface area contributed by atoms with Crippen molar-refractivity contribution in [2.45, 2.75) is 12.8 Å². The van der Waals surface area contributed by atoms with Crippen molar-refractivity contribution in [1.82, 2.24) is 5.32 Å². The number of hydrogen-bond donors (Lipinski definition) is 3. The standard InChI is InChI=1S/C19H22BN3O2/c20-23-17-12-7-6-11-16(17)22-18(24)13-5-2-8-14-21-19(25)15-9-3-1-4-10-15/h1,3-7,9-13,23H,2,8,14,20H2,(H,21,25)(H,22,24)/b13-5+. The molecule has 2 aromatic rings. The van der Waals surface area contributed by atoms with E-state index < -0.39 is 0 Å². The van der Waals surface area contributed by atoms with Gasteiger partial charge in [-0.2, -0.15) is 0 Å². The summed E-state index contributed by atoms with van der Waals surface area (Å²) in [6.45, 7) is 0.572. The Balaban J connectivity index is 1.67. The van der Waals surface area contributed by atoms with Crippen LogP contribution in [0.15, 0.2) is 66.7 Å².